The van der Waals surface area contributed by atoms with E-state index in [4.69, 9.17) is 33.0 Å². The fourth-order valence-electron chi connectivity index (χ4n) is 1.14. The first kappa shape index (κ1) is 14.5. The average Bonchev–Trinajstić information content (AvgIpc) is 2.34. The third-order valence-corrected chi connectivity index (χ3v) is 2.47. The van der Waals surface area contributed by atoms with Crippen molar-refractivity contribution in [3.05, 3.63) is 46.2 Å². The lowest BCUT2D eigenvalue weighted by molar-refractivity contribution is -0.131. The van der Waals surface area contributed by atoms with E-state index in [1.807, 2.05) is 0 Å². The molecule has 6 heteroatoms. The predicted molar refractivity (Wildman–Crippen MR) is 68.4 cm³/mol. The van der Waals surface area contributed by atoms with Crippen LogP contribution < -0.4 is 4.74 Å². The molecule has 0 aromatic heterocycles. The molecule has 0 heterocycles. The van der Waals surface area contributed by atoms with E-state index in [1.54, 1.807) is 0 Å². The summed E-state index contributed by atoms with van der Waals surface area (Å²) in [6, 6.07) is 4.17. The van der Waals surface area contributed by atoms with Crippen LogP contribution in [0.1, 0.15) is 5.56 Å². The molecule has 1 N–H and O–H groups in total. The molecule has 0 bridgehead atoms. The van der Waals surface area contributed by atoms with Crippen molar-refractivity contribution in [2.75, 3.05) is 6.61 Å². The van der Waals surface area contributed by atoms with Gasteiger partial charge in [0.25, 0.3) is 0 Å². The number of ether oxygens (including phenoxy) is 1. The summed E-state index contributed by atoms with van der Waals surface area (Å²) in [5.41, 5.74) is 1.41. The van der Waals surface area contributed by atoms with Gasteiger partial charge in [0, 0.05) is 17.2 Å². The number of hydrogen-bond donors (Lipinski definition) is 1. The van der Waals surface area contributed by atoms with Gasteiger partial charge < -0.3 is 9.84 Å². The summed E-state index contributed by atoms with van der Waals surface area (Å²) in [6.07, 6.45) is 2.12. The molecule has 0 aliphatic carbocycles. The zero-order valence-corrected chi connectivity index (χ0v) is 10.6. The molecule has 0 saturated heterocycles. The Morgan fingerprint density at radius 3 is 2.83 bits per heavy atom. The van der Waals surface area contributed by atoms with Gasteiger partial charge in [0.1, 0.15) is 6.61 Å². The highest BCUT2D eigenvalue weighted by Crippen LogP contribution is 2.24. The maximum atomic E-state index is 13.5. The average molecular weight is 291 g/mol. The Hall–Kier alpha value is -1.52. The Bertz CT molecular complexity index is 498. The second-order valence-corrected chi connectivity index (χ2v) is 3.88. The molecule has 0 aliphatic heterocycles. The van der Waals surface area contributed by atoms with Crippen molar-refractivity contribution in [3.63, 3.8) is 0 Å². The maximum absolute atomic E-state index is 13.5. The number of carboxylic acids is 1. The van der Waals surface area contributed by atoms with E-state index in [0.717, 1.165) is 11.6 Å². The van der Waals surface area contributed by atoms with Gasteiger partial charge in [-0.3, -0.25) is 0 Å². The number of halogens is 3. The van der Waals surface area contributed by atoms with Crippen LogP contribution in [0.25, 0.3) is 6.08 Å². The van der Waals surface area contributed by atoms with Crippen molar-refractivity contribution < 1.29 is 19.0 Å². The second-order valence-electron chi connectivity index (χ2n) is 3.17. The Kier molecular flexibility index (Phi) is 5.68. The number of benzene rings is 1. The van der Waals surface area contributed by atoms with Crippen molar-refractivity contribution >= 4 is 35.2 Å². The highest BCUT2D eigenvalue weighted by molar-refractivity contribution is 6.36. The van der Waals surface area contributed by atoms with Gasteiger partial charge in [-0.15, -0.1) is 0 Å². The molecule has 3 nitrogen and oxygen atoms in total. The van der Waals surface area contributed by atoms with Crippen molar-refractivity contribution in [2.45, 2.75) is 0 Å². The number of aliphatic carboxylic acids is 1. The van der Waals surface area contributed by atoms with Gasteiger partial charge in [-0.25, -0.2) is 9.18 Å². The van der Waals surface area contributed by atoms with Gasteiger partial charge in [0.05, 0.1) is 5.03 Å². The van der Waals surface area contributed by atoms with Gasteiger partial charge in [0.2, 0.25) is 0 Å². The van der Waals surface area contributed by atoms with Crippen molar-refractivity contribution in [2.24, 2.45) is 0 Å². The van der Waals surface area contributed by atoms with E-state index < -0.39 is 11.8 Å². The van der Waals surface area contributed by atoms with E-state index in [0.29, 0.717) is 5.56 Å². The Morgan fingerprint density at radius 1 is 1.50 bits per heavy atom. The molecular formula is C12H9Cl2FO3. The van der Waals surface area contributed by atoms with Crippen LogP contribution in [0.3, 0.4) is 0 Å². The van der Waals surface area contributed by atoms with E-state index in [2.05, 4.69) is 0 Å². The lowest BCUT2D eigenvalue weighted by atomic mass is 10.2. The fraction of sp³-hybridized carbons (Fsp3) is 0.0833. The van der Waals surface area contributed by atoms with Crippen LogP contribution in [-0.2, 0) is 4.79 Å². The molecule has 1 rings (SSSR count). The zero-order valence-electron chi connectivity index (χ0n) is 9.07. The van der Waals surface area contributed by atoms with Crippen LogP contribution in [0.4, 0.5) is 4.39 Å². The standard InChI is InChI=1S/C12H9Cl2FO3/c13-6-9(14)7-18-12-8(4-5-11(16)17)2-1-3-10(12)15/h1-6H,7H2,(H,16,17)/b5-4+,9-6-. The first-order chi connectivity index (χ1) is 8.54. The van der Waals surface area contributed by atoms with Crippen LogP contribution in [0, 0.1) is 5.82 Å². The molecule has 18 heavy (non-hydrogen) atoms. The number of rotatable bonds is 5. The normalized spacial score (nSPS) is 11.8. The van der Waals surface area contributed by atoms with E-state index in [1.165, 1.54) is 24.3 Å². The highest BCUT2D eigenvalue weighted by Gasteiger charge is 2.08. The molecule has 0 aliphatic rings. The van der Waals surface area contributed by atoms with Gasteiger partial charge in [0.15, 0.2) is 11.6 Å². The zero-order chi connectivity index (χ0) is 13.5. The van der Waals surface area contributed by atoms with Crippen LogP contribution in [0.5, 0.6) is 5.75 Å². The molecule has 0 unspecified atom stereocenters. The quantitative estimate of drug-likeness (QED) is 0.843. The molecule has 0 atom stereocenters. The van der Waals surface area contributed by atoms with Gasteiger partial charge in [-0.05, 0) is 12.1 Å². The predicted octanol–water partition coefficient (Wildman–Crippen LogP) is 3.62. The molecule has 96 valence electrons. The number of hydrogen-bond acceptors (Lipinski definition) is 2. The van der Waals surface area contributed by atoms with Crippen molar-refractivity contribution in [3.8, 4) is 5.75 Å². The molecule has 0 fully saturated rings. The highest BCUT2D eigenvalue weighted by atomic mass is 35.5. The Morgan fingerprint density at radius 2 is 2.22 bits per heavy atom. The van der Waals surface area contributed by atoms with Gasteiger partial charge >= 0.3 is 5.97 Å². The summed E-state index contributed by atoms with van der Waals surface area (Å²) in [7, 11) is 0. The fourth-order valence-corrected chi connectivity index (χ4v) is 1.26. The monoisotopic (exact) mass is 290 g/mol. The number of carboxylic acid groups (broad SMARTS) is 1. The summed E-state index contributed by atoms with van der Waals surface area (Å²) in [4.78, 5) is 10.4. The first-order valence-electron chi connectivity index (χ1n) is 4.81. The Labute approximate surface area is 113 Å². The van der Waals surface area contributed by atoms with Crippen LogP contribution in [-0.4, -0.2) is 17.7 Å². The Balaban J connectivity index is 2.97. The molecule has 0 saturated carbocycles. The largest absolute Gasteiger partial charge is 0.484 e. The third kappa shape index (κ3) is 4.39. The smallest absolute Gasteiger partial charge is 0.328 e. The topological polar surface area (TPSA) is 46.5 Å². The summed E-state index contributed by atoms with van der Waals surface area (Å²) in [5, 5.41) is 8.72. The van der Waals surface area contributed by atoms with Crippen LogP contribution >= 0.6 is 23.2 Å². The SMILES string of the molecule is O=C(O)/C=C/c1cccc(F)c1OC/C(Cl)=C/Cl. The van der Waals surface area contributed by atoms with E-state index >= 15 is 0 Å². The van der Waals surface area contributed by atoms with Crippen molar-refractivity contribution in [1.82, 2.24) is 0 Å². The number of para-hydroxylation sites is 1. The van der Waals surface area contributed by atoms with Gasteiger partial charge in [-0.1, -0.05) is 35.3 Å². The van der Waals surface area contributed by atoms with Crippen LogP contribution in [0.15, 0.2) is 34.8 Å². The number of carbonyl (C=O) groups is 1. The lowest BCUT2D eigenvalue weighted by Gasteiger charge is -2.09. The summed E-state index contributed by atoms with van der Waals surface area (Å²) in [5.74, 6) is -1.82. The van der Waals surface area contributed by atoms with Crippen LogP contribution in [0.2, 0.25) is 0 Å². The third-order valence-electron chi connectivity index (χ3n) is 1.88. The van der Waals surface area contributed by atoms with Gasteiger partial charge in [-0.2, -0.15) is 0 Å². The summed E-state index contributed by atoms with van der Waals surface area (Å²) < 4.78 is 18.7. The molecule has 1 aromatic rings. The minimum atomic E-state index is -1.14. The molecule has 0 spiro atoms. The maximum Gasteiger partial charge on any atom is 0.328 e. The van der Waals surface area contributed by atoms with Crippen molar-refractivity contribution in [1.29, 1.82) is 0 Å². The molecule has 0 radical (unpaired) electrons. The molecule has 0 amide bonds. The second kappa shape index (κ2) is 7.03. The molecular weight excluding hydrogens is 282 g/mol. The summed E-state index contributed by atoms with van der Waals surface area (Å²) in [6.45, 7) is -0.0973. The first-order valence-corrected chi connectivity index (χ1v) is 5.63. The minimum absolute atomic E-state index is 0.0772. The molecule has 1 aromatic carbocycles. The lowest BCUT2D eigenvalue weighted by Crippen LogP contribution is -2.01. The minimum Gasteiger partial charge on any atom is -0.484 e. The van der Waals surface area contributed by atoms with E-state index in [9.17, 15) is 9.18 Å². The van der Waals surface area contributed by atoms with E-state index in [-0.39, 0.29) is 17.4 Å². The summed E-state index contributed by atoms with van der Waals surface area (Å²) >= 11 is 11.0.